The molecule has 0 atom stereocenters. The number of carbonyl (C=O) groups is 1. The highest BCUT2D eigenvalue weighted by Crippen LogP contribution is 2.31. The van der Waals surface area contributed by atoms with Gasteiger partial charge in [-0.2, -0.15) is 0 Å². The van der Waals surface area contributed by atoms with Crippen LogP contribution in [0.15, 0.2) is 16.6 Å². The summed E-state index contributed by atoms with van der Waals surface area (Å²) >= 11 is 3.06. The van der Waals surface area contributed by atoms with E-state index in [9.17, 15) is 13.6 Å². The maximum Gasteiger partial charge on any atom is 0.414 e. The number of hydrogen-bond donors (Lipinski definition) is 0. The van der Waals surface area contributed by atoms with Gasteiger partial charge < -0.3 is 4.74 Å². The number of halogens is 3. The van der Waals surface area contributed by atoms with E-state index in [1.165, 1.54) is 0 Å². The van der Waals surface area contributed by atoms with Crippen LogP contribution in [-0.2, 0) is 4.74 Å². The van der Waals surface area contributed by atoms with Gasteiger partial charge in [-0.1, -0.05) is 0 Å². The largest absolute Gasteiger partial charge is 0.443 e. The Morgan fingerprint density at radius 2 is 1.95 bits per heavy atom. The number of ether oxygens (including phenoxy) is 1. The van der Waals surface area contributed by atoms with Crippen LogP contribution in [0.3, 0.4) is 0 Å². The minimum Gasteiger partial charge on any atom is -0.443 e. The van der Waals surface area contributed by atoms with Gasteiger partial charge in [0.25, 0.3) is 0 Å². The summed E-state index contributed by atoms with van der Waals surface area (Å²) in [5, 5.41) is 0. The molecule has 106 valence electrons. The van der Waals surface area contributed by atoms with Gasteiger partial charge in [0.05, 0.1) is 5.69 Å². The molecule has 1 aromatic carbocycles. The molecule has 1 aromatic rings. The molecular formula is C13H16BrF2NO2. The Balaban J connectivity index is 3.14. The molecular weight excluding hydrogens is 320 g/mol. The van der Waals surface area contributed by atoms with Crippen molar-refractivity contribution < 1.29 is 18.3 Å². The Hall–Kier alpha value is -1.17. The molecule has 0 bridgehead atoms. The molecule has 6 heteroatoms. The number of anilines is 1. The van der Waals surface area contributed by atoms with Crippen molar-refractivity contribution in [3.63, 3.8) is 0 Å². The van der Waals surface area contributed by atoms with Crippen LogP contribution >= 0.6 is 15.9 Å². The fourth-order valence-electron chi connectivity index (χ4n) is 1.49. The Morgan fingerprint density at radius 3 is 2.37 bits per heavy atom. The van der Waals surface area contributed by atoms with Gasteiger partial charge in [-0.25, -0.2) is 13.6 Å². The molecule has 0 saturated heterocycles. The monoisotopic (exact) mass is 335 g/mol. The standard InChI is InChI=1S/C13H16BrF2NO2/c1-5-17(12(18)19-13(2,3)4)11-9(14)6-8(15)7-10(11)16/h6-7H,5H2,1-4H3. The maximum absolute atomic E-state index is 13.8. The van der Waals surface area contributed by atoms with Gasteiger partial charge in [0.15, 0.2) is 5.82 Å². The van der Waals surface area contributed by atoms with Crippen LogP contribution in [0.1, 0.15) is 27.7 Å². The second-order valence-electron chi connectivity index (χ2n) is 4.94. The first-order chi connectivity index (χ1) is 8.65. The van der Waals surface area contributed by atoms with Crippen molar-refractivity contribution >= 4 is 27.7 Å². The Morgan fingerprint density at radius 1 is 1.37 bits per heavy atom. The molecule has 0 aliphatic heterocycles. The molecule has 0 N–H and O–H groups in total. The highest BCUT2D eigenvalue weighted by molar-refractivity contribution is 9.10. The van der Waals surface area contributed by atoms with E-state index in [1.807, 2.05) is 0 Å². The van der Waals surface area contributed by atoms with E-state index < -0.39 is 23.3 Å². The molecule has 0 aromatic heterocycles. The maximum atomic E-state index is 13.8. The van der Waals surface area contributed by atoms with E-state index in [-0.39, 0.29) is 16.7 Å². The van der Waals surface area contributed by atoms with E-state index >= 15 is 0 Å². The van der Waals surface area contributed by atoms with Crippen molar-refractivity contribution in [3.8, 4) is 0 Å². The van der Waals surface area contributed by atoms with Crippen molar-refractivity contribution in [3.05, 3.63) is 28.2 Å². The predicted molar refractivity (Wildman–Crippen MR) is 73.3 cm³/mol. The molecule has 0 heterocycles. The third-order valence-corrected chi connectivity index (χ3v) is 2.79. The molecule has 1 rings (SSSR count). The van der Waals surface area contributed by atoms with Crippen LogP contribution in [-0.4, -0.2) is 18.2 Å². The first-order valence-corrected chi connectivity index (χ1v) is 6.60. The number of amides is 1. The fraction of sp³-hybridized carbons (Fsp3) is 0.462. The second kappa shape index (κ2) is 5.86. The number of carbonyl (C=O) groups excluding carboxylic acids is 1. The summed E-state index contributed by atoms with van der Waals surface area (Å²) in [7, 11) is 0. The van der Waals surface area contributed by atoms with Crippen LogP contribution < -0.4 is 4.90 Å². The molecule has 19 heavy (non-hydrogen) atoms. The predicted octanol–water partition coefficient (Wildman–Crippen LogP) is 4.49. The summed E-state index contributed by atoms with van der Waals surface area (Å²) in [5.74, 6) is -1.53. The zero-order valence-electron chi connectivity index (χ0n) is 11.3. The highest BCUT2D eigenvalue weighted by atomic mass is 79.9. The van der Waals surface area contributed by atoms with Gasteiger partial charge in [-0.05, 0) is 49.7 Å². The van der Waals surface area contributed by atoms with Crippen LogP contribution in [0, 0.1) is 11.6 Å². The van der Waals surface area contributed by atoms with Crippen molar-refractivity contribution in [2.24, 2.45) is 0 Å². The van der Waals surface area contributed by atoms with Gasteiger partial charge in [-0.3, -0.25) is 4.90 Å². The quantitative estimate of drug-likeness (QED) is 0.796. The smallest absolute Gasteiger partial charge is 0.414 e. The Kier molecular flexibility index (Phi) is 4.90. The summed E-state index contributed by atoms with van der Waals surface area (Å²) in [5.41, 5.74) is -0.717. The number of rotatable bonds is 2. The topological polar surface area (TPSA) is 29.5 Å². The Bertz CT molecular complexity index is 463. The highest BCUT2D eigenvalue weighted by Gasteiger charge is 2.26. The number of nitrogens with zero attached hydrogens (tertiary/aromatic N) is 1. The first kappa shape index (κ1) is 15.9. The SMILES string of the molecule is CCN(C(=O)OC(C)(C)C)c1c(F)cc(F)cc1Br. The lowest BCUT2D eigenvalue weighted by Crippen LogP contribution is -2.37. The van der Waals surface area contributed by atoms with E-state index in [0.717, 1.165) is 17.0 Å². The lowest BCUT2D eigenvalue weighted by molar-refractivity contribution is 0.0581. The van der Waals surface area contributed by atoms with Crippen molar-refractivity contribution in [2.45, 2.75) is 33.3 Å². The second-order valence-corrected chi connectivity index (χ2v) is 5.80. The molecule has 0 aliphatic carbocycles. The van der Waals surface area contributed by atoms with E-state index in [2.05, 4.69) is 15.9 Å². The Labute approximate surface area is 119 Å². The van der Waals surface area contributed by atoms with E-state index in [0.29, 0.717) is 0 Å². The lowest BCUT2D eigenvalue weighted by atomic mass is 10.2. The summed E-state index contributed by atoms with van der Waals surface area (Å²) in [6.45, 7) is 7.04. The van der Waals surface area contributed by atoms with Crippen LogP contribution in [0.5, 0.6) is 0 Å². The summed E-state index contributed by atoms with van der Waals surface area (Å²) in [6, 6.07) is 1.83. The van der Waals surface area contributed by atoms with Crippen LogP contribution in [0.25, 0.3) is 0 Å². The molecule has 0 fully saturated rings. The molecule has 1 amide bonds. The molecule has 0 aliphatic rings. The third kappa shape index (κ3) is 4.16. The van der Waals surface area contributed by atoms with Crippen LogP contribution in [0.2, 0.25) is 0 Å². The molecule has 0 unspecified atom stereocenters. The minimum atomic E-state index is -0.820. The normalized spacial score (nSPS) is 11.3. The van der Waals surface area contributed by atoms with E-state index in [1.54, 1.807) is 27.7 Å². The van der Waals surface area contributed by atoms with Gasteiger partial charge in [-0.15, -0.1) is 0 Å². The fourth-order valence-corrected chi connectivity index (χ4v) is 2.11. The van der Waals surface area contributed by atoms with E-state index in [4.69, 9.17) is 4.74 Å². The molecule has 0 spiro atoms. The summed E-state index contributed by atoms with van der Waals surface area (Å²) in [6.07, 6.45) is -0.679. The van der Waals surface area contributed by atoms with Crippen molar-refractivity contribution in [2.75, 3.05) is 11.4 Å². The van der Waals surface area contributed by atoms with Gasteiger partial charge in [0.2, 0.25) is 0 Å². The van der Waals surface area contributed by atoms with Gasteiger partial charge in [0.1, 0.15) is 11.4 Å². The van der Waals surface area contributed by atoms with Crippen molar-refractivity contribution in [1.29, 1.82) is 0 Å². The number of benzene rings is 1. The summed E-state index contributed by atoms with van der Waals surface area (Å²) < 4.78 is 32.2. The number of hydrogen-bond acceptors (Lipinski definition) is 2. The summed E-state index contributed by atoms with van der Waals surface area (Å²) in [4.78, 5) is 13.1. The molecule has 0 radical (unpaired) electrons. The minimum absolute atomic E-state index is 0.0295. The molecule has 0 saturated carbocycles. The first-order valence-electron chi connectivity index (χ1n) is 5.80. The van der Waals surface area contributed by atoms with Gasteiger partial charge >= 0.3 is 6.09 Å². The average molecular weight is 336 g/mol. The van der Waals surface area contributed by atoms with Crippen LogP contribution in [0.4, 0.5) is 19.3 Å². The third-order valence-electron chi connectivity index (χ3n) is 2.18. The molecule has 3 nitrogen and oxygen atoms in total. The average Bonchev–Trinajstić information content (AvgIpc) is 2.20. The van der Waals surface area contributed by atoms with Crippen molar-refractivity contribution in [1.82, 2.24) is 0 Å². The zero-order valence-corrected chi connectivity index (χ0v) is 12.8. The van der Waals surface area contributed by atoms with Gasteiger partial charge in [0, 0.05) is 17.1 Å². The zero-order chi connectivity index (χ0) is 14.8. The lowest BCUT2D eigenvalue weighted by Gasteiger charge is -2.27.